The Morgan fingerprint density at radius 3 is 2.12 bits per heavy atom. The molecule has 3 aromatic rings. The summed E-state index contributed by atoms with van der Waals surface area (Å²) in [6.07, 6.45) is 5.25. The third-order valence-corrected chi connectivity index (χ3v) is 6.51. The molecule has 7 heteroatoms. The highest BCUT2D eigenvalue weighted by Gasteiger charge is 2.31. The van der Waals surface area contributed by atoms with E-state index >= 15 is 0 Å². The number of hydrogen-bond acceptors (Lipinski definition) is 6. The lowest BCUT2D eigenvalue weighted by Crippen LogP contribution is -2.51. The Kier molecular flexibility index (Phi) is 5.96. The zero-order valence-electron chi connectivity index (χ0n) is 18.2. The first-order valence-electron chi connectivity index (χ1n) is 11.4. The number of pyridine rings is 1. The van der Waals surface area contributed by atoms with E-state index in [0.717, 1.165) is 69.2 Å². The van der Waals surface area contributed by atoms with Crippen LogP contribution in [0.5, 0.6) is 0 Å². The number of aromatic nitrogens is 3. The normalized spacial score (nSPS) is 17.4. The molecule has 2 aromatic heterocycles. The predicted molar refractivity (Wildman–Crippen MR) is 125 cm³/mol. The van der Waals surface area contributed by atoms with Crippen molar-refractivity contribution in [2.45, 2.75) is 12.8 Å². The van der Waals surface area contributed by atoms with E-state index in [-0.39, 0.29) is 5.92 Å². The maximum atomic E-state index is 13.1. The molecule has 0 radical (unpaired) electrons. The summed E-state index contributed by atoms with van der Waals surface area (Å²) in [5.41, 5.74) is 3.09. The van der Waals surface area contributed by atoms with Gasteiger partial charge in [0.05, 0.1) is 5.69 Å². The fraction of sp³-hybridized carbons (Fsp3) is 0.360. The van der Waals surface area contributed by atoms with Gasteiger partial charge in [-0.25, -0.2) is 0 Å². The molecule has 0 aliphatic carbocycles. The van der Waals surface area contributed by atoms with Crippen molar-refractivity contribution in [3.05, 3.63) is 67.0 Å². The summed E-state index contributed by atoms with van der Waals surface area (Å²) in [6.45, 7) is 5.07. The van der Waals surface area contributed by atoms with Gasteiger partial charge in [-0.1, -0.05) is 18.2 Å². The number of carbonyl (C=O) groups is 1. The molecule has 0 unspecified atom stereocenters. The molecular weight excluding hydrogens is 400 g/mol. The quantitative estimate of drug-likeness (QED) is 0.636. The van der Waals surface area contributed by atoms with Crippen molar-refractivity contribution in [1.29, 1.82) is 0 Å². The van der Waals surface area contributed by atoms with Crippen LogP contribution in [0.2, 0.25) is 0 Å². The van der Waals surface area contributed by atoms with Gasteiger partial charge in [-0.05, 0) is 49.2 Å². The first kappa shape index (κ1) is 20.4. The van der Waals surface area contributed by atoms with Crippen LogP contribution in [-0.2, 0) is 4.79 Å². The lowest BCUT2D eigenvalue weighted by molar-refractivity contribution is -0.136. The Morgan fingerprint density at radius 1 is 0.750 bits per heavy atom. The smallest absolute Gasteiger partial charge is 0.225 e. The van der Waals surface area contributed by atoms with Gasteiger partial charge in [-0.2, -0.15) is 0 Å². The molecule has 0 spiro atoms. The lowest BCUT2D eigenvalue weighted by atomic mass is 9.95. The number of anilines is 2. The van der Waals surface area contributed by atoms with Gasteiger partial charge in [0.2, 0.25) is 5.91 Å². The maximum absolute atomic E-state index is 13.1. The molecular formula is C25H28N6O. The molecule has 2 aliphatic rings. The van der Waals surface area contributed by atoms with E-state index in [1.165, 1.54) is 5.69 Å². The SMILES string of the molecule is O=C(C1CCN(c2ccc(-c3ccncc3)nn2)CC1)N1CCN(c2ccccc2)CC1. The third-order valence-electron chi connectivity index (χ3n) is 6.51. The van der Waals surface area contributed by atoms with Crippen molar-refractivity contribution < 1.29 is 4.79 Å². The van der Waals surface area contributed by atoms with Gasteiger partial charge < -0.3 is 14.7 Å². The highest BCUT2D eigenvalue weighted by atomic mass is 16.2. The van der Waals surface area contributed by atoms with Gasteiger partial charge in [-0.3, -0.25) is 9.78 Å². The molecule has 0 atom stereocenters. The monoisotopic (exact) mass is 428 g/mol. The third kappa shape index (κ3) is 4.42. The molecule has 1 aromatic carbocycles. The Hall–Kier alpha value is -3.48. The summed E-state index contributed by atoms with van der Waals surface area (Å²) >= 11 is 0. The summed E-state index contributed by atoms with van der Waals surface area (Å²) in [5, 5.41) is 8.81. The number of piperazine rings is 1. The molecule has 5 rings (SSSR count). The van der Waals surface area contributed by atoms with Gasteiger partial charge >= 0.3 is 0 Å². The summed E-state index contributed by atoms with van der Waals surface area (Å²) in [7, 11) is 0. The highest BCUT2D eigenvalue weighted by Crippen LogP contribution is 2.25. The molecule has 32 heavy (non-hydrogen) atoms. The van der Waals surface area contributed by atoms with Crippen molar-refractivity contribution in [2.24, 2.45) is 5.92 Å². The van der Waals surface area contributed by atoms with Crippen LogP contribution in [0.4, 0.5) is 11.5 Å². The Balaban J connectivity index is 1.13. The van der Waals surface area contributed by atoms with Crippen molar-refractivity contribution in [2.75, 3.05) is 49.1 Å². The van der Waals surface area contributed by atoms with Gasteiger partial charge in [0, 0.05) is 68.8 Å². The number of carbonyl (C=O) groups excluding carboxylic acids is 1. The second-order valence-corrected chi connectivity index (χ2v) is 8.42. The Labute approximate surface area is 188 Å². The molecule has 2 fully saturated rings. The predicted octanol–water partition coefficient (Wildman–Crippen LogP) is 3.10. The molecule has 4 heterocycles. The summed E-state index contributed by atoms with van der Waals surface area (Å²) in [4.78, 5) is 23.8. The van der Waals surface area contributed by atoms with Crippen molar-refractivity contribution in [3.8, 4) is 11.3 Å². The topological polar surface area (TPSA) is 65.5 Å². The van der Waals surface area contributed by atoms with Crippen LogP contribution in [0.15, 0.2) is 67.0 Å². The average molecular weight is 429 g/mol. The highest BCUT2D eigenvalue weighted by molar-refractivity contribution is 5.79. The molecule has 7 nitrogen and oxygen atoms in total. The molecule has 164 valence electrons. The Bertz CT molecular complexity index is 1010. The number of hydrogen-bond donors (Lipinski definition) is 0. The van der Waals surface area contributed by atoms with E-state index in [1.54, 1.807) is 12.4 Å². The van der Waals surface area contributed by atoms with Crippen LogP contribution in [0.25, 0.3) is 11.3 Å². The second-order valence-electron chi connectivity index (χ2n) is 8.42. The van der Waals surface area contributed by atoms with Crippen LogP contribution in [0.1, 0.15) is 12.8 Å². The molecule has 2 saturated heterocycles. The first-order valence-corrected chi connectivity index (χ1v) is 11.4. The van der Waals surface area contributed by atoms with Crippen molar-refractivity contribution in [3.63, 3.8) is 0 Å². The van der Waals surface area contributed by atoms with E-state index in [1.807, 2.05) is 30.3 Å². The van der Waals surface area contributed by atoms with Gasteiger partial charge in [0.25, 0.3) is 0 Å². The van der Waals surface area contributed by atoms with Crippen LogP contribution in [0.3, 0.4) is 0 Å². The summed E-state index contributed by atoms with van der Waals surface area (Å²) in [5.74, 6) is 1.31. The fourth-order valence-electron chi connectivity index (χ4n) is 4.61. The average Bonchev–Trinajstić information content (AvgIpc) is 2.90. The minimum atomic E-state index is 0.110. The Morgan fingerprint density at radius 2 is 1.47 bits per heavy atom. The van der Waals surface area contributed by atoms with Gasteiger partial charge in [0.1, 0.15) is 0 Å². The van der Waals surface area contributed by atoms with Crippen LogP contribution >= 0.6 is 0 Å². The van der Waals surface area contributed by atoms with E-state index in [9.17, 15) is 4.79 Å². The fourth-order valence-corrected chi connectivity index (χ4v) is 4.61. The molecule has 2 aliphatic heterocycles. The zero-order chi connectivity index (χ0) is 21.8. The van der Waals surface area contributed by atoms with Gasteiger partial charge in [0.15, 0.2) is 5.82 Å². The van der Waals surface area contributed by atoms with Crippen LogP contribution in [0, 0.1) is 5.92 Å². The van der Waals surface area contributed by atoms with Gasteiger partial charge in [-0.15, -0.1) is 10.2 Å². The molecule has 1 amide bonds. The lowest BCUT2D eigenvalue weighted by Gasteiger charge is -2.39. The first-order chi connectivity index (χ1) is 15.8. The van der Waals surface area contributed by atoms with E-state index < -0.39 is 0 Å². The number of nitrogens with zero attached hydrogens (tertiary/aromatic N) is 6. The molecule has 0 bridgehead atoms. The summed E-state index contributed by atoms with van der Waals surface area (Å²) < 4.78 is 0. The minimum Gasteiger partial charge on any atom is -0.368 e. The van der Waals surface area contributed by atoms with Crippen molar-refractivity contribution >= 4 is 17.4 Å². The molecule has 0 N–H and O–H groups in total. The second kappa shape index (κ2) is 9.34. The molecule has 0 saturated carbocycles. The van der Waals surface area contributed by atoms with Crippen molar-refractivity contribution in [1.82, 2.24) is 20.1 Å². The van der Waals surface area contributed by atoms with E-state index in [4.69, 9.17) is 0 Å². The maximum Gasteiger partial charge on any atom is 0.225 e. The van der Waals surface area contributed by atoms with Crippen LogP contribution < -0.4 is 9.80 Å². The van der Waals surface area contributed by atoms with Crippen LogP contribution in [-0.4, -0.2) is 65.3 Å². The zero-order valence-corrected chi connectivity index (χ0v) is 18.2. The minimum absolute atomic E-state index is 0.110. The largest absolute Gasteiger partial charge is 0.368 e. The number of piperidine rings is 1. The number of amides is 1. The number of rotatable bonds is 4. The number of benzene rings is 1. The van der Waals surface area contributed by atoms with E-state index in [2.05, 4.69) is 54.1 Å². The summed E-state index contributed by atoms with van der Waals surface area (Å²) in [6, 6.07) is 18.3. The number of para-hydroxylation sites is 1. The van der Waals surface area contributed by atoms with E-state index in [0.29, 0.717) is 5.91 Å². The standard InChI is InChI=1S/C25H28N6O/c32-25(31-18-16-29(17-19-31)22-4-2-1-3-5-22)21-10-14-30(15-11-21)24-7-6-23(27-28-24)20-8-12-26-13-9-20/h1-9,12-13,21H,10-11,14-19H2.